The molecule has 4 N–H and O–H groups in total. The molecule has 1 aromatic heterocycles. The molecule has 4 rings (SSSR count). The van der Waals surface area contributed by atoms with E-state index in [4.69, 9.17) is 9.47 Å². The maximum Gasteiger partial charge on any atom is 0.229 e. The maximum atomic E-state index is 12.7. The molecule has 156 valence electrons. The first kappa shape index (κ1) is 20.4. The Labute approximate surface area is 172 Å². The quantitative estimate of drug-likeness (QED) is 0.450. The number of hydrogen-bond acceptors (Lipinski definition) is 8. The number of hydrogen-bond donors (Lipinski definition) is 4. The summed E-state index contributed by atoms with van der Waals surface area (Å²) in [6.07, 6.45) is -7.02. The van der Waals surface area contributed by atoms with Gasteiger partial charge in [-0.1, -0.05) is 48.5 Å². The number of aliphatic hydroxyl groups excluding tert-OH is 4. The monoisotopic (exact) mass is 411 g/mol. The van der Waals surface area contributed by atoms with E-state index in [1.807, 2.05) is 6.07 Å². The molecule has 0 amide bonds. The summed E-state index contributed by atoms with van der Waals surface area (Å²) in [4.78, 5) is 17.2. The van der Waals surface area contributed by atoms with Crippen molar-refractivity contribution in [3.63, 3.8) is 0 Å². The normalized spacial score (nSPS) is 26.5. The standard InChI is InChI=1S/C22H21NO7/c24-11-16-19(26)20(27)21(28)22(30-16)29-15-8-4-7-12-9-10-14(23-17(12)15)18(25)13-5-2-1-3-6-13/h1-10,16,19-22,24,26-28H,11H2/t16-,19+,20+,21+,22-/m0/s1. The number of aromatic nitrogens is 1. The Morgan fingerprint density at radius 3 is 2.43 bits per heavy atom. The number of rotatable bonds is 5. The smallest absolute Gasteiger partial charge is 0.229 e. The van der Waals surface area contributed by atoms with Crippen LogP contribution in [0.3, 0.4) is 0 Å². The zero-order chi connectivity index (χ0) is 21.3. The molecule has 0 spiro atoms. The molecule has 0 bridgehead atoms. The number of nitrogens with zero attached hydrogens (tertiary/aromatic N) is 1. The second-order valence-corrected chi connectivity index (χ2v) is 7.03. The van der Waals surface area contributed by atoms with Crippen molar-refractivity contribution in [2.24, 2.45) is 0 Å². The summed E-state index contributed by atoms with van der Waals surface area (Å²) in [6, 6.07) is 17.2. The van der Waals surface area contributed by atoms with Gasteiger partial charge in [0.1, 0.15) is 41.4 Å². The lowest BCUT2D eigenvalue weighted by molar-refractivity contribution is -0.277. The highest BCUT2D eigenvalue weighted by Crippen LogP contribution is 2.29. The summed E-state index contributed by atoms with van der Waals surface area (Å²) >= 11 is 0. The van der Waals surface area contributed by atoms with Crippen LogP contribution < -0.4 is 4.74 Å². The fourth-order valence-corrected chi connectivity index (χ4v) is 3.37. The number of pyridine rings is 1. The molecule has 0 saturated carbocycles. The Kier molecular flexibility index (Phi) is 5.76. The fourth-order valence-electron chi connectivity index (χ4n) is 3.37. The van der Waals surface area contributed by atoms with Gasteiger partial charge in [0, 0.05) is 10.9 Å². The molecule has 30 heavy (non-hydrogen) atoms. The van der Waals surface area contributed by atoms with Gasteiger partial charge in [0.25, 0.3) is 0 Å². The molecular formula is C22H21NO7. The topological polar surface area (TPSA) is 129 Å². The highest BCUT2D eigenvalue weighted by atomic mass is 16.7. The number of fused-ring (bicyclic) bond motifs is 1. The molecule has 8 heteroatoms. The average molecular weight is 411 g/mol. The van der Waals surface area contributed by atoms with E-state index in [0.29, 0.717) is 16.5 Å². The fraction of sp³-hybridized carbons (Fsp3) is 0.273. The van der Waals surface area contributed by atoms with Gasteiger partial charge in [-0.15, -0.1) is 0 Å². The Balaban J connectivity index is 1.67. The van der Waals surface area contributed by atoms with Crippen LogP contribution in [0.25, 0.3) is 10.9 Å². The van der Waals surface area contributed by atoms with E-state index in [-0.39, 0.29) is 17.2 Å². The summed E-state index contributed by atoms with van der Waals surface area (Å²) in [5.74, 6) is -0.0281. The lowest BCUT2D eigenvalue weighted by Crippen LogP contribution is -2.60. The molecular weight excluding hydrogens is 390 g/mol. The summed E-state index contributed by atoms with van der Waals surface area (Å²) in [7, 11) is 0. The summed E-state index contributed by atoms with van der Waals surface area (Å²) in [5.41, 5.74) is 1.09. The van der Waals surface area contributed by atoms with Crippen LogP contribution in [0.1, 0.15) is 16.1 Å². The van der Waals surface area contributed by atoms with Crippen molar-refractivity contribution in [1.29, 1.82) is 0 Å². The second-order valence-electron chi connectivity index (χ2n) is 7.03. The third-order valence-electron chi connectivity index (χ3n) is 5.04. The molecule has 1 aliphatic heterocycles. The predicted octanol–water partition coefficient (Wildman–Crippen LogP) is 0.644. The van der Waals surface area contributed by atoms with Gasteiger partial charge in [0.15, 0.2) is 0 Å². The Morgan fingerprint density at radius 2 is 1.70 bits per heavy atom. The van der Waals surface area contributed by atoms with Crippen LogP contribution in [0.15, 0.2) is 60.7 Å². The van der Waals surface area contributed by atoms with E-state index >= 15 is 0 Å². The number of ketones is 1. The van der Waals surface area contributed by atoms with E-state index in [1.54, 1.807) is 54.6 Å². The van der Waals surface area contributed by atoms with Gasteiger partial charge in [-0.25, -0.2) is 4.98 Å². The zero-order valence-corrected chi connectivity index (χ0v) is 15.8. The Bertz CT molecular complexity index is 1040. The largest absolute Gasteiger partial charge is 0.460 e. The van der Waals surface area contributed by atoms with Crippen molar-refractivity contribution < 1.29 is 34.7 Å². The highest BCUT2D eigenvalue weighted by Gasteiger charge is 2.44. The van der Waals surface area contributed by atoms with E-state index in [0.717, 1.165) is 0 Å². The minimum absolute atomic E-state index is 0.221. The third-order valence-corrected chi connectivity index (χ3v) is 5.04. The summed E-state index contributed by atoms with van der Waals surface area (Å²) in [5, 5.41) is 40.2. The van der Waals surface area contributed by atoms with E-state index < -0.39 is 37.3 Å². The van der Waals surface area contributed by atoms with Crippen molar-refractivity contribution in [3.05, 3.63) is 71.9 Å². The van der Waals surface area contributed by atoms with Crippen molar-refractivity contribution in [1.82, 2.24) is 4.98 Å². The zero-order valence-electron chi connectivity index (χ0n) is 15.8. The van der Waals surface area contributed by atoms with E-state index in [9.17, 15) is 25.2 Å². The maximum absolute atomic E-state index is 12.7. The molecule has 0 unspecified atom stereocenters. The number of ether oxygens (including phenoxy) is 2. The van der Waals surface area contributed by atoms with Crippen molar-refractivity contribution in [2.45, 2.75) is 30.7 Å². The average Bonchev–Trinajstić information content (AvgIpc) is 2.79. The molecule has 1 aliphatic rings. The lowest BCUT2D eigenvalue weighted by Gasteiger charge is -2.39. The Hall–Kier alpha value is -2.88. The Morgan fingerprint density at radius 1 is 0.933 bits per heavy atom. The van der Waals surface area contributed by atoms with Gasteiger partial charge in [-0.05, 0) is 12.1 Å². The van der Waals surface area contributed by atoms with Crippen LogP contribution in [0.4, 0.5) is 0 Å². The van der Waals surface area contributed by atoms with E-state index in [2.05, 4.69) is 4.98 Å². The van der Waals surface area contributed by atoms with Crippen LogP contribution in [0.5, 0.6) is 5.75 Å². The first-order valence-corrected chi connectivity index (χ1v) is 9.46. The first-order valence-electron chi connectivity index (χ1n) is 9.46. The minimum atomic E-state index is -1.56. The third kappa shape index (κ3) is 3.79. The molecule has 1 fully saturated rings. The molecule has 1 saturated heterocycles. The molecule has 0 aliphatic carbocycles. The van der Waals surface area contributed by atoms with Crippen LogP contribution in [-0.2, 0) is 4.74 Å². The molecule has 8 nitrogen and oxygen atoms in total. The number of carbonyl (C=O) groups is 1. The van der Waals surface area contributed by atoms with Gasteiger partial charge < -0.3 is 29.9 Å². The SMILES string of the molecule is O=C(c1ccccc1)c1ccc2cccc(O[C@H]3O[C@@H](CO)[C@@H](O)[C@@H](O)[C@H]3O)c2n1. The van der Waals surface area contributed by atoms with Crippen LogP contribution in [0.2, 0.25) is 0 Å². The molecule has 2 aromatic carbocycles. The minimum Gasteiger partial charge on any atom is -0.460 e. The van der Waals surface area contributed by atoms with Gasteiger partial charge in [0.05, 0.1) is 6.61 Å². The summed E-state index contributed by atoms with van der Waals surface area (Å²) in [6.45, 7) is -0.561. The number of aliphatic hydroxyl groups is 4. The number of carbonyl (C=O) groups excluding carboxylic acids is 1. The highest BCUT2D eigenvalue weighted by molar-refractivity contribution is 6.08. The molecule has 2 heterocycles. The van der Waals surface area contributed by atoms with Crippen LogP contribution in [-0.4, -0.2) is 68.5 Å². The first-order chi connectivity index (χ1) is 14.5. The van der Waals surface area contributed by atoms with Crippen LogP contribution >= 0.6 is 0 Å². The van der Waals surface area contributed by atoms with Gasteiger partial charge in [0.2, 0.25) is 12.1 Å². The van der Waals surface area contributed by atoms with Gasteiger partial charge in [-0.2, -0.15) is 0 Å². The number of benzene rings is 2. The van der Waals surface area contributed by atoms with E-state index in [1.165, 1.54) is 0 Å². The van der Waals surface area contributed by atoms with Crippen LogP contribution in [0, 0.1) is 0 Å². The predicted molar refractivity (Wildman–Crippen MR) is 106 cm³/mol. The molecule has 5 atom stereocenters. The second kappa shape index (κ2) is 8.47. The molecule has 3 aromatic rings. The van der Waals surface area contributed by atoms with Gasteiger partial charge in [-0.3, -0.25) is 4.79 Å². The van der Waals surface area contributed by atoms with Gasteiger partial charge >= 0.3 is 0 Å². The summed E-state index contributed by atoms with van der Waals surface area (Å²) < 4.78 is 11.1. The molecule has 0 radical (unpaired) electrons. The van der Waals surface area contributed by atoms with Crippen molar-refractivity contribution in [2.75, 3.05) is 6.61 Å². The lowest BCUT2D eigenvalue weighted by atomic mass is 9.99. The number of para-hydroxylation sites is 1. The van der Waals surface area contributed by atoms with Crippen molar-refractivity contribution >= 4 is 16.7 Å². The van der Waals surface area contributed by atoms with Crippen molar-refractivity contribution in [3.8, 4) is 5.75 Å².